The van der Waals surface area contributed by atoms with Gasteiger partial charge in [-0.05, 0) is 25.0 Å². The summed E-state index contributed by atoms with van der Waals surface area (Å²) < 4.78 is 31.2. The van der Waals surface area contributed by atoms with Crippen molar-refractivity contribution in [1.82, 2.24) is 0 Å². The van der Waals surface area contributed by atoms with Crippen molar-refractivity contribution < 1.29 is 18.6 Å². The van der Waals surface area contributed by atoms with Crippen LogP contribution in [0.15, 0.2) is 18.2 Å². The molecule has 90 valence electrons. The van der Waals surface area contributed by atoms with E-state index in [0.29, 0.717) is 19.6 Å². The van der Waals surface area contributed by atoms with E-state index in [1.807, 2.05) is 6.92 Å². The van der Waals surface area contributed by atoms with Gasteiger partial charge in [0.2, 0.25) is 0 Å². The third kappa shape index (κ3) is 3.87. The van der Waals surface area contributed by atoms with Crippen LogP contribution in [0.3, 0.4) is 0 Å². The topological polar surface area (TPSA) is 29.5 Å². The van der Waals surface area contributed by atoms with Crippen molar-refractivity contribution in [2.45, 2.75) is 25.9 Å². The summed E-state index contributed by atoms with van der Waals surface area (Å²) in [7, 11) is 0. The molecule has 0 radical (unpaired) electrons. The summed E-state index contributed by atoms with van der Waals surface area (Å²) in [6.45, 7) is 2.87. The molecule has 0 aliphatic carbocycles. The standard InChI is InChI=1S/C12H16F2O2/c1-2-16-7-6-10(15)8-9-4-3-5-11(13)12(9)14/h3-5,10,15H,2,6-8H2,1H3. The Bertz CT molecular complexity index is 329. The van der Waals surface area contributed by atoms with E-state index in [2.05, 4.69) is 0 Å². The van der Waals surface area contributed by atoms with Gasteiger partial charge in [0, 0.05) is 19.6 Å². The molecule has 1 rings (SSSR count). The molecule has 16 heavy (non-hydrogen) atoms. The van der Waals surface area contributed by atoms with Gasteiger partial charge in [0.05, 0.1) is 6.10 Å². The van der Waals surface area contributed by atoms with Crippen molar-refractivity contribution >= 4 is 0 Å². The summed E-state index contributed by atoms with van der Waals surface area (Å²) in [5.74, 6) is -1.76. The second-order valence-corrected chi connectivity index (χ2v) is 3.56. The highest BCUT2D eigenvalue weighted by atomic mass is 19.2. The van der Waals surface area contributed by atoms with E-state index in [1.165, 1.54) is 12.1 Å². The third-order valence-electron chi connectivity index (χ3n) is 2.29. The molecule has 0 spiro atoms. The van der Waals surface area contributed by atoms with Crippen LogP contribution < -0.4 is 0 Å². The van der Waals surface area contributed by atoms with Crippen LogP contribution in [0.1, 0.15) is 18.9 Å². The average Bonchev–Trinajstić information content (AvgIpc) is 2.25. The van der Waals surface area contributed by atoms with Gasteiger partial charge in [0.25, 0.3) is 0 Å². The molecule has 0 bridgehead atoms. The molecule has 1 unspecified atom stereocenters. The Labute approximate surface area is 93.9 Å². The molecule has 0 heterocycles. The minimum Gasteiger partial charge on any atom is -0.393 e. The first-order valence-electron chi connectivity index (χ1n) is 5.33. The van der Waals surface area contributed by atoms with Gasteiger partial charge in [-0.1, -0.05) is 12.1 Å². The Morgan fingerprint density at radius 1 is 1.38 bits per heavy atom. The molecule has 1 aromatic carbocycles. The molecule has 0 aliphatic heterocycles. The Morgan fingerprint density at radius 3 is 2.81 bits per heavy atom. The molecule has 0 aromatic heterocycles. The van der Waals surface area contributed by atoms with Crippen LogP contribution in [-0.2, 0) is 11.2 Å². The molecular weight excluding hydrogens is 214 g/mol. The van der Waals surface area contributed by atoms with Gasteiger partial charge in [-0.25, -0.2) is 8.78 Å². The van der Waals surface area contributed by atoms with Crippen LogP contribution >= 0.6 is 0 Å². The predicted octanol–water partition coefficient (Wildman–Crippen LogP) is 2.29. The Balaban J connectivity index is 2.49. The minimum absolute atomic E-state index is 0.108. The molecule has 0 saturated heterocycles. The number of aliphatic hydroxyl groups excluding tert-OH is 1. The first-order valence-corrected chi connectivity index (χ1v) is 5.33. The van der Waals surface area contributed by atoms with Crippen LogP contribution in [-0.4, -0.2) is 24.4 Å². The number of aliphatic hydroxyl groups is 1. The van der Waals surface area contributed by atoms with Gasteiger partial charge in [-0.2, -0.15) is 0 Å². The second kappa shape index (κ2) is 6.55. The highest BCUT2D eigenvalue weighted by molar-refractivity contribution is 5.19. The molecule has 1 atom stereocenters. The maximum absolute atomic E-state index is 13.2. The molecule has 2 nitrogen and oxygen atoms in total. The molecule has 0 aliphatic rings. The normalized spacial score (nSPS) is 12.8. The van der Waals surface area contributed by atoms with E-state index in [9.17, 15) is 13.9 Å². The first kappa shape index (κ1) is 13.1. The third-order valence-corrected chi connectivity index (χ3v) is 2.29. The first-order chi connectivity index (χ1) is 7.65. The van der Waals surface area contributed by atoms with E-state index in [-0.39, 0.29) is 12.0 Å². The van der Waals surface area contributed by atoms with Gasteiger partial charge in [0.1, 0.15) is 0 Å². The molecule has 4 heteroatoms. The fourth-order valence-electron chi connectivity index (χ4n) is 1.43. The fraction of sp³-hybridized carbons (Fsp3) is 0.500. The Kier molecular flexibility index (Phi) is 5.35. The van der Waals surface area contributed by atoms with E-state index in [0.717, 1.165) is 6.07 Å². The maximum atomic E-state index is 13.2. The number of halogens is 2. The zero-order valence-corrected chi connectivity index (χ0v) is 9.25. The van der Waals surface area contributed by atoms with Crippen molar-refractivity contribution in [3.05, 3.63) is 35.4 Å². The van der Waals surface area contributed by atoms with Crippen LogP contribution in [0.25, 0.3) is 0 Å². The Hall–Kier alpha value is -1.00. The lowest BCUT2D eigenvalue weighted by Crippen LogP contribution is -2.15. The number of hydrogen-bond donors (Lipinski definition) is 1. The molecular formula is C12H16F2O2. The molecule has 1 N–H and O–H groups in total. The largest absolute Gasteiger partial charge is 0.393 e. The van der Waals surface area contributed by atoms with Gasteiger partial charge in [0.15, 0.2) is 11.6 Å². The molecule has 0 fully saturated rings. The summed E-state index contributed by atoms with van der Waals surface area (Å²) in [6.07, 6.45) is -0.177. The zero-order valence-electron chi connectivity index (χ0n) is 9.25. The minimum atomic E-state index is -0.880. The molecule has 1 aromatic rings. The lowest BCUT2D eigenvalue weighted by atomic mass is 10.1. The van der Waals surface area contributed by atoms with E-state index in [4.69, 9.17) is 4.74 Å². The van der Waals surface area contributed by atoms with Crippen molar-refractivity contribution in [3.63, 3.8) is 0 Å². The van der Waals surface area contributed by atoms with Crippen molar-refractivity contribution in [1.29, 1.82) is 0 Å². The summed E-state index contributed by atoms with van der Waals surface area (Å²) >= 11 is 0. The van der Waals surface area contributed by atoms with Crippen LogP contribution in [0.4, 0.5) is 8.78 Å². The average molecular weight is 230 g/mol. The number of ether oxygens (including phenoxy) is 1. The van der Waals surface area contributed by atoms with E-state index >= 15 is 0 Å². The van der Waals surface area contributed by atoms with Gasteiger partial charge < -0.3 is 9.84 Å². The van der Waals surface area contributed by atoms with Crippen molar-refractivity contribution in [3.8, 4) is 0 Å². The summed E-state index contributed by atoms with van der Waals surface area (Å²) in [5.41, 5.74) is 0.198. The Morgan fingerprint density at radius 2 is 2.12 bits per heavy atom. The highest BCUT2D eigenvalue weighted by Crippen LogP contribution is 2.14. The van der Waals surface area contributed by atoms with E-state index < -0.39 is 17.7 Å². The van der Waals surface area contributed by atoms with E-state index in [1.54, 1.807) is 0 Å². The summed E-state index contributed by atoms with van der Waals surface area (Å²) in [4.78, 5) is 0. The predicted molar refractivity (Wildman–Crippen MR) is 57.2 cm³/mol. The number of hydrogen-bond acceptors (Lipinski definition) is 2. The van der Waals surface area contributed by atoms with Gasteiger partial charge in [-0.15, -0.1) is 0 Å². The SMILES string of the molecule is CCOCCC(O)Cc1cccc(F)c1F. The van der Waals surface area contributed by atoms with Crippen molar-refractivity contribution in [2.24, 2.45) is 0 Å². The summed E-state index contributed by atoms with van der Waals surface area (Å²) in [6, 6.07) is 3.97. The van der Waals surface area contributed by atoms with Gasteiger partial charge in [-0.3, -0.25) is 0 Å². The summed E-state index contributed by atoms with van der Waals surface area (Å²) in [5, 5.41) is 9.58. The molecule has 0 amide bonds. The van der Waals surface area contributed by atoms with Gasteiger partial charge >= 0.3 is 0 Å². The lowest BCUT2D eigenvalue weighted by molar-refractivity contribution is 0.0882. The monoisotopic (exact) mass is 230 g/mol. The number of rotatable bonds is 6. The second-order valence-electron chi connectivity index (χ2n) is 3.56. The van der Waals surface area contributed by atoms with Crippen LogP contribution in [0.2, 0.25) is 0 Å². The highest BCUT2D eigenvalue weighted by Gasteiger charge is 2.12. The molecule has 0 saturated carbocycles. The maximum Gasteiger partial charge on any atom is 0.162 e. The zero-order chi connectivity index (χ0) is 12.0. The van der Waals surface area contributed by atoms with Crippen LogP contribution in [0.5, 0.6) is 0 Å². The lowest BCUT2D eigenvalue weighted by Gasteiger charge is -2.11. The number of benzene rings is 1. The fourth-order valence-corrected chi connectivity index (χ4v) is 1.43. The van der Waals surface area contributed by atoms with Crippen LogP contribution in [0, 0.1) is 11.6 Å². The van der Waals surface area contributed by atoms with Crippen molar-refractivity contribution in [2.75, 3.05) is 13.2 Å². The quantitative estimate of drug-likeness (QED) is 0.760. The smallest absolute Gasteiger partial charge is 0.162 e.